The van der Waals surface area contributed by atoms with Crippen LogP contribution in [0, 0.1) is 0 Å². The van der Waals surface area contributed by atoms with E-state index in [2.05, 4.69) is 20.7 Å². The van der Waals surface area contributed by atoms with Gasteiger partial charge in [-0.25, -0.2) is 15.8 Å². The van der Waals surface area contributed by atoms with Crippen LogP contribution in [-0.2, 0) is 6.42 Å². The number of hydrogen-bond acceptors (Lipinski definition) is 6. The summed E-state index contributed by atoms with van der Waals surface area (Å²) in [5, 5.41) is 2.72. The van der Waals surface area contributed by atoms with Crippen molar-refractivity contribution in [1.29, 1.82) is 0 Å². The van der Waals surface area contributed by atoms with Crippen molar-refractivity contribution >= 4 is 11.7 Å². The van der Waals surface area contributed by atoms with Crippen molar-refractivity contribution in [3.05, 3.63) is 42.2 Å². The van der Waals surface area contributed by atoms with E-state index in [0.29, 0.717) is 18.8 Å². The summed E-state index contributed by atoms with van der Waals surface area (Å²) in [5.74, 6) is 6.09. The second-order valence-electron chi connectivity index (χ2n) is 3.52. The van der Waals surface area contributed by atoms with Gasteiger partial charge in [-0.1, -0.05) is 0 Å². The summed E-state index contributed by atoms with van der Waals surface area (Å²) in [5.41, 5.74) is 2.58. The number of nitrogens with two attached hydrogens (primary N) is 1. The molecule has 0 saturated heterocycles. The summed E-state index contributed by atoms with van der Waals surface area (Å²) < 4.78 is 5.15. The van der Waals surface area contributed by atoms with Crippen LogP contribution < -0.4 is 16.6 Å². The summed E-state index contributed by atoms with van der Waals surface area (Å²) in [6.45, 7) is 0.477. The molecule has 0 fully saturated rings. The maximum absolute atomic E-state index is 11.7. The second kappa shape index (κ2) is 5.78. The van der Waals surface area contributed by atoms with Gasteiger partial charge >= 0.3 is 0 Å². The predicted octanol–water partition coefficient (Wildman–Crippen LogP) is 0.328. The molecular formula is C11H13N5O2. The van der Waals surface area contributed by atoms with Crippen molar-refractivity contribution in [1.82, 2.24) is 15.3 Å². The third kappa shape index (κ3) is 3.05. The standard InChI is InChI=1S/C11H13N5O2/c12-16-10-7-14-9(6-15-10)11(17)13-4-3-8-2-1-5-18-8/h1-2,5-7H,3-4,12H2,(H,13,17)(H,15,16). The topological polar surface area (TPSA) is 106 Å². The number of nitrogens with one attached hydrogen (secondary N) is 2. The number of anilines is 1. The number of nitrogens with zero attached hydrogens (tertiary/aromatic N) is 2. The van der Waals surface area contributed by atoms with Gasteiger partial charge in [-0.15, -0.1) is 0 Å². The minimum Gasteiger partial charge on any atom is -0.469 e. The first-order valence-corrected chi connectivity index (χ1v) is 5.39. The van der Waals surface area contributed by atoms with Gasteiger partial charge in [0.05, 0.1) is 18.7 Å². The Balaban J connectivity index is 1.83. The Bertz CT molecular complexity index is 495. The molecule has 0 aliphatic carbocycles. The maximum Gasteiger partial charge on any atom is 0.271 e. The van der Waals surface area contributed by atoms with Gasteiger partial charge in [0.2, 0.25) is 0 Å². The van der Waals surface area contributed by atoms with Crippen LogP contribution in [0.2, 0.25) is 0 Å². The molecule has 0 aliphatic rings. The summed E-state index contributed by atoms with van der Waals surface area (Å²) in [4.78, 5) is 19.5. The Hall–Kier alpha value is -2.41. The summed E-state index contributed by atoms with van der Waals surface area (Å²) in [7, 11) is 0. The van der Waals surface area contributed by atoms with Gasteiger partial charge in [-0.05, 0) is 12.1 Å². The lowest BCUT2D eigenvalue weighted by molar-refractivity contribution is 0.0948. The molecule has 0 saturated carbocycles. The highest BCUT2D eigenvalue weighted by Crippen LogP contribution is 2.01. The van der Waals surface area contributed by atoms with E-state index in [0.717, 1.165) is 5.76 Å². The number of rotatable bonds is 5. The third-order valence-corrected chi connectivity index (χ3v) is 2.27. The SMILES string of the molecule is NNc1cnc(C(=O)NCCc2ccco2)cn1. The van der Waals surface area contributed by atoms with E-state index in [9.17, 15) is 4.79 Å². The van der Waals surface area contributed by atoms with Crippen molar-refractivity contribution in [3.8, 4) is 0 Å². The minimum absolute atomic E-state index is 0.244. The number of amides is 1. The zero-order chi connectivity index (χ0) is 12.8. The monoisotopic (exact) mass is 247 g/mol. The quantitative estimate of drug-likeness (QED) is 0.519. The van der Waals surface area contributed by atoms with Crippen LogP contribution in [0.1, 0.15) is 16.2 Å². The van der Waals surface area contributed by atoms with Gasteiger partial charge < -0.3 is 15.2 Å². The van der Waals surface area contributed by atoms with Crippen LogP contribution in [0.4, 0.5) is 5.82 Å². The second-order valence-corrected chi connectivity index (χ2v) is 3.52. The highest BCUT2D eigenvalue weighted by Gasteiger charge is 2.07. The van der Waals surface area contributed by atoms with Crippen molar-refractivity contribution in [2.45, 2.75) is 6.42 Å². The lowest BCUT2D eigenvalue weighted by Gasteiger charge is -2.03. The normalized spacial score (nSPS) is 10.1. The van der Waals surface area contributed by atoms with Gasteiger partial charge in [-0.2, -0.15) is 0 Å². The number of carbonyl (C=O) groups excluding carboxylic acids is 1. The minimum atomic E-state index is -0.280. The van der Waals surface area contributed by atoms with E-state index < -0.39 is 0 Å². The van der Waals surface area contributed by atoms with Gasteiger partial charge in [0.15, 0.2) is 5.82 Å². The van der Waals surface area contributed by atoms with Gasteiger partial charge in [-0.3, -0.25) is 4.79 Å². The average molecular weight is 247 g/mol. The first kappa shape index (κ1) is 12.1. The molecule has 7 heteroatoms. The van der Waals surface area contributed by atoms with E-state index in [1.165, 1.54) is 12.4 Å². The Labute approximate surface area is 103 Å². The summed E-state index contributed by atoms with van der Waals surface area (Å²) in [6, 6.07) is 3.66. The Morgan fingerprint density at radius 1 is 1.39 bits per heavy atom. The molecule has 0 aliphatic heterocycles. The fraction of sp³-hybridized carbons (Fsp3) is 0.182. The molecule has 0 bridgehead atoms. The highest BCUT2D eigenvalue weighted by molar-refractivity contribution is 5.91. The highest BCUT2D eigenvalue weighted by atomic mass is 16.3. The molecule has 2 heterocycles. The van der Waals surface area contributed by atoms with Crippen molar-refractivity contribution in [2.24, 2.45) is 5.84 Å². The lowest BCUT2D eigenvalue weighted by atomic mass is 10.3. The number of furan rings is 1. The van der Waals surface area contributed by atoms with E-state index in [4.69, 9.17) is 10.3 Å². The Morgan fingerprint density at radius 3 is 2.89 bits per heavy atom. The first-order valence-electron chi connectivity index (χ1n) is 5.39. The fourth-order valence-electron chi connectivity index (χ4n) is 1.36. The van der Waals surface area contributed by atoms with E-state index >= 15 is 0 Å². The molecule has 18 heavy (non-hydrogen) atoms. The molecule has 7 nitrogen and oxygen atoms in total. The molecule has 0 aromatic carbocycles. The third-order valence-electron chi connectivity index (χ3n) is 2.27. The van der Waals surface area contributed by atoms with Crippen molar-refractivity contribution in [2.75, 3.05) is 12.0 Å². The van der Waals surface area contributed by atoms with Crippen LogP contribution in [0.3, 0.4) is 0 Å². The number of hydrazine groups is 1. The van der Waals surface area contributed by atoms with Gasteiger partial charge in [0, 0.05) is 13.0 Å². The molecule has 94 valence electrons. The zero-order valence-electron chi connectivity index (χ0n) is 9.59. The van der Waals surface area contributed by atoms with E-state index in [1.807, 2.05) is 6.07 Å². The molecule has 0 unspecified atom stereocenters. The van der Waals surface area contributed by atoms with Crippen LogP contribution in [-0.4, -0.2) is 22.4 Å². The van der Waals surface area contributed by atoms with Crippen LogP contribution in [0.15, 0.2) is 35.2 Å². The molecule has 0 radical (unpaired) electrons. The van der Waals surface area contributed by atoms with Crippen LogP contribution >= 0.6 is 0 Å². The maximum atomic E-state index is 11.7. The molecule has 0 spiro atoms. The van der Waals surface area contributed by atoms with E-state index in [1.54, 1.807) is 12.3 Å². The molecule has 2 aromatic rings. The van der Waals surface area contributed by atoms with Gasteiger partial charge in [0.1, 0.15) is 11.5 Å². The number of carbonyl (C=O) groups is 1. The predicted molar refractivity (Wildman–Crippen MR) is 64.6 cm³/mol. The number of nitrogen functional groups attached to an aromatic ring is 1. The molecule has 0 atom stereocenters. The van der Waals surface area contributed by atoms with Crippen LogP contribution in [0.25, 0.3) is 0 Å². The zero-order valence-corrected chi connectivity index (χ0v) is 9.59. The van der Waals surface area contributed by atoms with Gasteiger partial charge in [0.25, 0.3) is 5.91 Å². The summed E-state index contributed by atoms with van der Waals surface area (Å²) in [6.07, 6.45) is 4.98. The lowest BCUT2D eigenvalue weighted by Crippen LogP contribution is -2.26. The first-order chi connectivity index (χ1) is 8.79. The molecule has 2 rings (SSSR count). The fourth-order valence-corrected chi connectivity index (χ4v) is 1.36. The smallest absolute Gasteiger partial charge is 0.271 e. The van der Waals surface area contributed by atoms with Crippen LogP contribution in [0.5, 0.6) is 0 Å². The van der Waals surface area contributed by atoms with Crippen molar-refractivity contribution in [3.63, 3.8) is 0 Å². The summed E-state index contributed by atoms with van der Waals surface area (Å²) >= 11 is 0. The molecule has 2 aromatic heterocycles. The largest absolute Gasteiger partial charge is 0.469 e. The number of hydrogen-bond donors (Lipinski definition) is 3. The Morgan fingerprint density at radius 2 is 2.28 bits per heavy atom. The molecule has 4 N–H and O–H groups in total. The molecule has 1 amide bonds. The average Bonchev–Trinajstić information content (AvgIpc) is 2.92. The number of aromatic nitrogens is 2. The van der Waals surface area contributed by atoms with Crippen molar-refractivity contribution < 1.29 is 9.21 Å². The molecular weight excluding hydrogens is 234 g/mol. The van der Waals surface area contributed by atoms with E-state index in [-0.39, 0.29) is 11.6 Å². The Kier molecular flexibility index (Phi) is 3.87.